The molecule has 2 aromatic heterocycles. The van der Waals surface area contributed by atoms with Crippen LogP contribution in [-0.2, 0) is 6.42 Å². The molecule has 0 fully saturated rings. The van der Waals surface area contributed by atoms with Crippen LogP contribution in [0.25, 0.3) is 16.7 Å². The van der Waals surface area contributed by atoms with Crippen LogP contribution in [0.1, 0.15) is 16.1 Å². The predicted molar refractivity (Wildman–Crippen MR) is 80.4 cm³/mol. The number of para-hydroxylation sites is 1. The van der Waals surface area contributed by atoms with E-state index in [1.54, 1.807) is 12.3 Å². The second-order valence-corrected chi connectivity index (χ2v) is 4.51. The van der Waals surface area contributed by atoms with Crippen molar-refractivity contribution in [1.82, 2.24) is 9.55 Å². The Morgan fingerprint density at radius 3 is 2.65 bits per heavy atom. The molecule has 0 saturated carbocycles. The van der Waals surface area contributed by atoms with Crippen molar-refractivity contribution in [2.24, 2.45) is 0 Å². The Hall–Kier alpha value is -2.68. The fourth-order valence-corrected chi connectivity index (χ4v) is 2.53. The van der Waals surface area contributed by atoms with E-state index < -0.39 is 0 Å². The van der Waals surface area contributed by atoms with E-state index in [1.807, 2.05) is 47.0 Å². The van der Waals surface area contributed by atoms with Gasteiger partial charge in [-0.25, -0.2) is 4.98 Å². The normalized spacial score (nSPS) is 10.6. The van der Waals surface area contributed by atoms with Gasteiger partial charge in [-0.15, -0.1) is 6.58 Å². The van der Waals surface area contributed by atoms with E-state index in [0.717, 1.165) is 28.7 Å². The summed E-state index contributed by atoms with van der Waals surface area (Å²) in [6.45, 7) is 3.79. The van der Waals surface area contributed by atoms with E-state index >= 15 is 0 Å². The molecule has 2 heterocycles. The van der Waals surface area contributed by atoms with Gasteiger partial charge in [0.15, 0.2) is 6.29 Å². The highest BCUT2D eigenvalue weighted by Crippen LogP contribution is 2.28. The molecule has 20 heavy (non-hydrogen) atoms. The Labute approximate surface area is 117 Å². The molecule has 0 aliphatic carbocycles. The van der Waals surface area contributed by atoms with Crippen molar-refractivity contribution in [3.05, 3.63) is 72.6 Å². The monoisotopic (exact) mass is 262 g/mol. The number of allylic oxidation sites excluding steroid dienone is 1. The summed E-state index contributed by atoms with van der Waals surface area (Å²) in [5, 5.41) is 0.949. The predicted octanol–water partition coefficient (Wildman–Crippen LogP) is 3.57. The SMILES string of the molecule is C=CCc1c(C=O)c2ccccc2n1-c1ccccn1. The molecule has 0 saturated heterocycles. The second kappa shape index (κ2) is 5.13. The van der Waals surface area contributed by atoms with Gasteiger partial charge in [0, 0.05) is 29.3 Å². The van der Waals surface area contributed by atoms with Gasteiger partial charge in [0.25, 0.3) is 0 Å². The van der Waals surface area contributed by atoms with Crippen LogP contribution < -0.4 is 0 Å². The smallest absolute Gasteiger partial charge is 0.152 e. The number of carbonyl (C=O) groups is 1. The summed E-state index contributed by atoms with van der Waals surface area (Å²) in [4.78, 5) is 15.9. The second-order valence-electron chi connectivity index (χ2n) is 4.51. The molecule has 3 heteroatoms. The molecular weight excluding hydrogens is 248 g/mol. The fraction of sp³-hybridized carbons (Fsp3) is 0.0588. The van der Waals surface area contributed by atoms with Crippen LogP contribution in [0.5, 0.6) is 0 Å². The van der Waals surface area contributed by atoms with Crippen molar-refractivity contribution in [2.75, 3.05) is 0 Å². The zero-order chi connectivity index (χ0) is 13.9. The number of rotatable bonds is 4. The molecule has 0 aliphatic heterocycles. The number of aromatic nitrogens is 2. The molecular formula is C17H14N2O. The Morgan fingerprint density at radius 2 is 1.95 bits per heavy atom. The lowest BCUT2D eigenvalue weighted by molar-refractivity contribution is 0.112. The number of pyridine rings is 1. The first-order chi connectivity index (χ1) is 9.86. The summed E-state index contributed by atoms with van der Waals surface area (Å²) < 4.78 is 2.03. The Balaban J connectivity index is 2.42. The van der Waals surface area contributed by atoms with Gasteiger partial charge in [-0.1, -0.05) is 30.3 Å². The van der Waals surface area contributed by atoms with Gasteiger partial charge in [-0.3, -0.25) is 9.36 Å². The van der Waals surface area contributed by atoms with E-state index in [4.69, 9.17) is 0 Å². The summed E-state index contributed by atoms with van der Waals surface area (Å²) >= 11 is 0. The van der Waals surface area contributed by atoms with Crippen LogP contribution in [-0.4, -0.2) is 15.8 Å². The van der Waals surface area contributed by atoms with Crippen LogP contribution in [0.15, 0.2) is 61.3 Å². The van der Waals surface area contributed by atoms with Crippen LogP contribution in [0, 0.1) is 0 Å². The van der Waals surface area contributed by atoms with Crippen molar-refractivity contribution < 1.29 is 4.79 Å². The molecule has 1 aromatic carbocycles. The number of nitrogens with zero attached hydrogens (tertiary/aromatic N) is 2. The van der Waals surface area contributed by atoms with Crippen LogP contribution in [0.3, 0.4) is 0 Å². The third kappa shape index (κ3) is 1.84. The molecule has 0 aliphatic rings. The highest BCUT2D eigenvalue weighted by molar-refractivity contribution is 6.00. The zero-order valence-electron chi connectivity index (χ0n) is 11.0. The average Bonchev–Trinajstić information content (AvgIpc) is 2.82. The van der Waals surface area contributed by atoms with E-state index in [1.165, 1.54) is 0 Å². The van der Waals surface area contributed by atoms with Crippen molar-refractivity contribution >= 4 is 17.2 Å². The molecule has 0 amide bonds. The summed E-state index contributed by atoms with van der Waals surface area (Å²) in [6.07, 6.45) is 5.10. The fourth-order valence-electron chi connectivity index (χ4n) is 2.53. The van der Waals surface area contributed by atoms with Gasteiger partial charge in [0.1, 0.15) is 5.82 Å². The van der Waals surface area contributed by atoms with Gasteiger partial charge in [0.05, 0.1) is 5.52 Å². The minimum atomic E-state index is 0.624. The third-order valence-electron chi connectivity index (χ3n) is 3.35. The third-order valence-corrected chi connectivity index (χ3v) is 3.35. The van der Waals surface area contributed by atoms with Crippen molar-refractivity contribution in [2.45, 2.75) is 6.42 Å². The first-order valence-corrected chi connectivity index (χ1v) is 6.46. The lowest BCUT2D eigenvalue weighted by Gasteiger charge is -2.08. The first-order valence-electron chi connectivity index (χ1n) is 6.46. The molecule has 3 aromatic rings. The quantitative estimate of drug-likeness (QED) is 0.532. The number of aldehydes is 1. The zero-order valence-corrected chi connectivity index (χ0v) is 11.0. The standard InChI is InChI=1S/C17H14N2O/c1-2-7-15-14(12-20)13-8-3-4-9-16(13)19(15)17-10-5-6-11-18-17/h2-6,8-12H,1,7H2. The van der Waals surface area contributed by atoms with Gasteiger partial charge in [0.2, 0.25) is 0 Å². The van der Waals surface area contributed by atoms with Gasteiger partial charge < -0.3 is 0 Å². The molecule has 0 spiro atoms. The number of carbonyl (C=O) groups excluding carboxylic acids is 1. The molecule has 0 atom stereocenters. The number of benzene rings is 1. The number of hydrogen-bond acceptors (Lipinski definition) is 2. The molecule has 0 unspecified atom stereocenters. The Morgan fingerprint density at radius 1 is 1.15 bits per heavy atom. The molecule has 3 rings (SSSR count). The lowest BCUT2D eigenvalue weighted by Crippen LogP contribution is -2.02. The van der Waals surface area contributed by atoms with Crippen molar-refractivity contribution in [3.63, 3.8) is 0 Å². The van der Waals surface area contributed by atoms with E-state index in [-0.39, 0.29) is 0 Å². The van der Waals surface area contributed by atoms with Gasteiger partial charge >= 0.3 is 0 Å². The Bertz CT molecular complexity index is 772. The lowest BCUT2D eigenvalue weighted by atomic mass is 10.1. The summed E-state index contributed by atoms with van der Waals surface area (Å²) in [6, 6.07) is 13.6. The minimum Gasteiger partial charge on any atom is -0.298 e. The van der Waals surface area contributed by atoms with Gasteiger partial charge in [-0.05, 0) is 18.2 Å². The highest BCUT2D eigenvalue weighted by Gasteiger charge is 2.16. The van der Waals surface area contributed by atoms with Crippen LogP contribution >= 0.6 is 0 Å². The summed E-state index contributed by atoms with van der Waals surface area (Å²) in [5.41, 5.74) is 2.63. The van der Waals surface area contributed by atoms with Crippen molar-refractivity contribution in [1.29, 1.82) is 0 Å². The molecule has 0 N–H and O–H groups in total. The molecule has 0 bridgehead atoms. The summed E-state index contributed by atoms with van der Waals surface area (Å²) in [7, 11) is 0. The topological polar surface area (TPSA) is 34.9 Å². The largest absolute Gasteiger partial charge is 0.298 e. The van der Waals surface area contributed by atoms with E-state index in [9.17, 15) is 4.79 Å². The maximum Gasteiger partial charge on any atom is 0.152 e. The maximum absolute atomic E-state index is 11.5. The molecule has 3 nitrogen and oxygen atoms in total. The Kier molecular flexibility index (Phi) is 3.17. The minimum absolute atomic E-state index is 0.624. The van der Waals surface area contributed by atoms with Crippen molar-refractivity contribution in [3.8, 4) is 5.82 Å². The van der Waals surface area contributed by atoms with E-state index in [2.05, 4.69) is 11.6 Å². The summed E-state index contributed by atoms with van der Waals surface area (Å²) in [5.74, 6) is 0.814. The molecule has 98 valence electrons. The van der Waals surface area contributed by atoms with E-state index in [0.29, 0.717) is 12.0 Å². The van der Waals surface area contributed by atoms with Crippen LogP contribution in [0.2, 0.25) is 0 Å². The maximum atomic E-state index is 11.5. The number of hydrogen-bond donors (Lipinski definition) is 0. The molecule has 0 radical (unpaired) electrons. The highest BCUT2D eigenvalue weighted by atomic mass is 16.1. The average molecular weight is 262 g/mol. The van der Waals surface area contributed by atoms with Crippen LogP contribution in [0.4, 0.5) is 0 Å². The van der Waals surface area contributed by atoms with Gasteiger partial charge in [-0.2, -0.15) is 0 Å². The first kappa shape index (κ1) is 12.4. The number of fused-ring (bicyclic) bond motifs is 1.